The van der Waals surface area contributed by atoms with E-state index < -0.39 is 0 Å². The highest BCUT2D eigenvalue weighted by Crippen LogP contribution is 2.25. The zero-order valence-electron chi connectivity index (χ0n) is 11.1. The molecule has 2 aromatic rings. The van der Waals surface area contributed by atoms with Crippen LogP contribution in [0.3, 0.4) is 0 Å². The minimum absolute atomic E-state index is 0.0585. The lowest BCUT2D eigenvalue weighted by molar-refractivity contribution is 0.101. The fraction of sp³-hybridized carbons (Fsp3) is 0.308. The summed E-state index contributed by atoms with van der Waals surface area (Å²) in [6.07, 6.45) is 1.76. The Morgan fingerprint density at radius 3 is 2.79 bits per heavy atom. The lowest BCUT2D eigenvalue weighted by atomic mass is 10.1. The number of hydrogen-bond donors (Lipinski definition) is 0. The van der Waals surface area contributed by atoms with Gasteiger partial charge in [-0.15, -0.1) is 5.10 Å². The van der Waals surface area contributed by atoms with Gasteiger partial charge in [0.2, 0.25) is 0 Å². The number of aryl methyl sites for hydroxylation is 1. The molecule has 0 atom stereocenters. The smallest absolute Gasteiger partial charge is 0.163 e. The number of ether oxygens (including phenoxy) is 2. The van der Waals surface area contributed by atoms with E-state index in [0.29, 0.717) is 22.8 Å². The molecule has 0 spiro atoms. The second-order valence-corrected chi connectivity index (χ2v) is 4.09. The van der Waals surface area contributed by atoms with Gasteiger partial charge in [-0.2, -0.15) is 0 Å². The summed E-state index contributed by atoms with van der Waals surface area (Å²) in [7, 11) is 3.35. The maximum atomic E-state index is 11.5. The first-order chi connectivity index (χ1) is 9.10. The predicted molar refractivity (Wildman–Crippen MR) is 68.3 cm³/mol. The maximum Gasteiger partial charge on any atom is 0.163 e. The Labute approximate surface area is 110 Å². The molecule has 0 saturated heterocycles. The van der Waals surface area contributed by atoms with Crippen molar-refractivity contribution in [2.24, 2.45) is 7.05 Å². The van der Waals surface area contributed by atoms with Crippen LogP contribution in [0.1, 0.15) is 23.0 Å². The minimum Gasteiger partial charge on any atom is -0.497 e. The fourth-order valence-corrected chi connectivity index (χ4v) is 1.65. The highest BCUT2D eigenvalue weighted by Gasteiger charge is 2.11. The quantitative estimate of drug-likeness (QED) is 0.765. The second kappa shape index (κ2) is 5.51. The van der Waals surface area contributed by atoms with Crippen molar-refractivity contribution in [2.75, 3.05) is 7.11 Å². The van der Waals surface area contributed by atoms with Gasteiger partial charge in [0.05, 0.1) is 18.9 Å². The molecule has 0 amide bonds. The number of ketones is 1. The molecule has 1 aromatic carbocycles. The molecule has 0 aliphatic carbocycles. The Kier molecular flexibility index (Phi) is 3.79. The molecule has 0 radical (unpaired) electrons. The molecule has 100 valence electrons. The number of methoxy groups -OCH3 is 1. The molecule has 0 N–H and O–H groups in total. The highest BCUT2D eigenvalue weighted by molar-refractivity contribution is 5.97. The molecule has 1 aromatic heterocycles. The third-order valence-electron chi connectivity index (χ3n) is 2.59. The van der Waals surface area contributed by atoms with E-state index in [2.05, 4.69) is 10.3 Å². The summed E-state index contributed by atoms with van der Waals surface area (Å²) >= 11 is 0. The van der Waals surface area contributed by atoms with Crippen molar-refractivity contribution in [2.45, 2.75) is 13.5 Å². The van der Waals surface area contributed by atoms with E-state index in [1.807, 2.05) is 0 Å². The van der Waals surface area contributed by atoms with Crippen LogP contribution in [0.2, 0.25) is 0 Å². The summed E-state index contributed by atoms with van der Waals surface area (Å²) in [5.41, 5.74) is 1.21. The average Bonchev–Trinajstić information content (AvgIpc) is 2.81. The predicted octanol–water partition coefficient (Wildman–Crippen LogP) is 1.61. The number of benzene rings is 1. The van der Waals surface area contributed by atoms with Crippen LogP contribution in [-0.4, -0.2) is 27.9 Å². The van der Waals surface area contributed by atoms with E-state index >= 15 is 0 Å². The Balaban J connectivity index is 2.19. The Morgan fingerprint density at radius 2 is 2.21 bits per heavy atom. The maximum absolute atomic E-state index is 11.5. The SMILES string of the molecule is COc1ccc(C(C)=O)c(OCc2cn(C)nn2)c1. The van der Waals surface area contributed by atoms with Gasteiger partial charge in [0.15, 0.2) is 5.78 Å². The van der Waals surface area contributed by atoms with Crippen molar-refractivity contribution in [3.63, 3.8) is 0 Å². The summed E-state index contributed by atoms with van der Waals surface area (Å²) in [4.78, 5) is 11.5. The number of hydrogen-bond acceptors (Lipinski definition) is 5. The first-order valence-corrected chi connectivity index (χ1v) is 5.77. The van der Waals surface area contributed by atoms with Crippen LogP contribution in [0.4, 0.5) is 0 Å². The van der Waals surface area contributed by atoms with Crippen molar-refractivity contribution >= 4 is 5.78 Å². The summed E-state index contributed by atoms with van der Waals surface area (Å²) in [6, 6.07) is 5.10. The summed E-state index contributed by atoms with van der Waals surface area (Å²) in [5, 5.41) is 7.73. The zero-order chi connectivity index (χ0) is 13.8. The van der Waals surface area contributed by atoms with E-state index in [-0.39, 0.29) is 12.4 Å². The van der Waals surface area contributed by atoms with Crippen molar-refractivity contribution in [3.8, 4) is 11.5 Å². The molecule has 0 saturated carbocycles. The number of nitrogens with zero attached hydrogens (tertiary/aromatic N) is 3. The van der Waals surface area contributed by atoms with E-state index in [1.54, 1.807) is 43.2 Å². The van der Waals surface area contributed by atoms with Crippen LogP contribution in [0, 0.1) is 0 Å². The topological polar surface area (TPSA) is 66.2 Å². The van der Waals surface area contributed by atoms with Gasteiger partial charge in [-0.25, -0.2) is 0 Å². The van der Waals surface area contributed by atoms with E-state index in [0.717, 1.165) is 0 Å². The van der Waals surface area contributed by atoms with Gasteiger partial charge >= 0.3 is 0 Å². The van der Waals surface area contributed by atoms with Crippen LogP contribution in [0.25, 0.3) is 0 Å². The molecule has 0 bridgehead atoms. The van der Waals surface area contributed by atoms with Crippen LogP contribution in [0.15, 0.2) is 24.4 Å². The third kappa shape index (κ3) is 3.09. The van der Waals surface area contributed by atoms with Crippen LogP contribution < -0.4 is 9.47 Å². The van der Waals surface area contributed by atoms with Crippen LogP contribution in [0.5, 0.6) is 11.5 Å². The minimum atomic E-state index is -0.0585. The zero-order valence-corrected chi connectivity index (χ0v) is 11.1. The number of rotatable bonds is 5. The lowest BCUT2D eigenvalue weighted by Gasteiger charge is -2.10. The van der Waals surface area contributed by atoms with Crippen molar-refractivity contribution in [1.29, 1.82) is 0 Å². The first kappa shape index (κ1) is 13.1. The van der Waals surface area contributed by atoms with Gasteiger partial charge < -0.3 is 9.47 Å². The molecule has 0 fully saturated rings. The van der Waals surface area contributed by atoms with Gasteiger partial charge in [-0.05, 0) is 19.1 Å². The molecule has 0 unspecified atom stereocenters. The normalized spacial score (nSPS) is 10.3. The lowest BCUT2D eigenvalue weighted by Crippen LogP contribution is -2.02. The highest BCUT2D eigenvalue weighted by atomic mass is 16.5. The molecule has 0 aliphatic heterocycles. The molecule has 19 heavy (non-hydrogen) atoms. The van der Waals surface area contributed by atoms with E-state index in [1.165, 1.54) is 6.92 Å². The van der Waals surface area contributed by atoms with Gasteiger partial charge in [0.25, 0.3) is 0 Å². The van der Waals surface area contributed by atoms with Crippen LogP contribution in [-0.2, 0) is 13.7 Å². The molecule has 6 nitrogen and oxygen atoms in total. The van der Waals surface area contributed by atoms with E-state index in [9.17, 15) is 4.79 Å². The largest absolute Gasteiger partial charge is 0.497 e. The van der Waals surface area contributed by atoms with Crippen molar-refractivity contribution in [1.82, 2.24) is 15.0 Å². The van der Waals surface area contributed by atoms with Gasteiger partial charge in [-0.3, -0.25) is 9.48 Å². The van der Waals surface area contributed by atoms with E-state index in [4.69, 9.17) is 9.47 Å². The number of carbonyl (C=O) groups is 1. The monoisotopic (exact) mass is 261 g/mol. The molecule has 0 aliphatic rings. The first-order valence-electron chi connectivity index (χ1n) is 5.77. The van der Waals surface area contributed by atoms with Crippen molar-refractivity contribution in [3.05, 3.63) is 35.7 Å². The third-order valence-corrected chi connectivity index (χ3v) is 2.59. The van der Waals surface area contributed by atoms with Gasteiger partial charge in [0.1, 0.15) is 23.8 Å². The molecular weight excluding hydrogens is 246 g/mol. The summed E-state index contributed by atoms with van der Waals surface area (Å²) in [5.74, 6) is 1.06. The summed E-state index contributed by atoms with van der Waals surface area (Å²) < 4.78 is 12.3. The second-order valence-electron chi connectivity index (χ2n) is 4.09. The number of aromatic nitrogens is 3. The van der Waals surface area contributed by atoms with Gasteiger partial charge in [-0.1, -0.05) is 5.21 Å². The molecule has 2 rings (SSSR count). The number of carbonyl (C=O) groups excluding carboxylic acids is 1. The Morgan fingerprint density at radius 1 is 1.42 bits per heavy atom. The summed E-state index contributed by atoms with van der Waals surface area (Å²) in [6.45, 7) is 1.75. The Hall–Kier alpha value is -2.37. The molecule has 1 heterocycles. The fourth-order valence-electron chi connectivity index (χ4n) is 1.65. The van der Waals surface area contributed by atoms with Gasteiger partial charge in [0, 0.05) is 13.1 Å². The van der Waals surface area contributed by atoms with Crippen molar-refractivity contribution < 1.29 is 14.3 Å². The Bertz CT molecular complexity index is 593. The molecule has 6 heteroatoms. The molecular formula is C13H15N3O3. The number of Topliss-reactive ketones (excluding diaryl/α,β-unsaturated/α-hetero) is 1. The standard InChI is InChI=1S/C13H15N3O3/c1-9(17)12-5-4-11(18-3)6-13(12)19-8-10-7-16(2)15-14-10/h4-7H,8H2,1-3H3. The van der Waals surface area contributed by atoms with Crippen LogP contribution >= 0.6 is 0 Å². The average molecular weight is 261 g/mol.